The Labute approximate surface area is 167 Å². The lowest BCUT2D eigenvalue weighted by Gasteiger charge is -2.17. The quantitative estimate of drug-likeness (QED) is 0.698. The fourth-order valence-corrected chi connectivity index (χ4v) is 3.08. The molecule has 146 valence electrons. The second-order valence-electron chi connectivity index (χ2n) is 7.10. The monoisotopic (exact) mass is 400 g/mol. The van der Waals surface area contributed by atoms with E-state index in [4.69, 9.17) is 11.6 Å². The topological polar surface area (TPSA) is 101 Å². The van der Waals surface area contributed by atoms with Crippen molar-refractivity contribution in [3.05, 3.63) is 68.6 Å². The van der Waals surface area contributed by atoms with Crippen LogP contribution in [0.1, 0.15) is 36.5 Å². The van der Waals surface area contributed by atoms with Gasteiger partial charge in [0.25, 0.3) is 5.56 Å². The molecule has 0 bridgehead atoms. The molecule has 28 heavy (non-hydrogen) atoms. The van der Waals surface area contributed by atoms with E-state index in [1.165, 1.54) is 4.57 Å². The summed E-state index contributed by atoms with van der Waals surface area (Å²) < 4.78 is 1.49. The predicted octanol–water partition coefficient (Wildman–Crippen LogP) is 2.68. The number of aliphatic hydroxyl groups excluding tert-OH is 1. The molecule has 0 unspecified atom stereocenters. The van der Waals surface area contributed by atoms with E-state index in [1.54, 1.807) is 51.4 Å². The van der Waals surface area contributed by atoms with Gasteiger partial charge in [0.15, 0.2) is 5.82 Å². The summed E-state index contributed by atoms with van der Waals surface area (Å²) in [6, 6.07) is 5.11. The largest absolute Gasteiger partial charge is 0.392 e. The van der Waals surface area contributed by atoms with E-state index in [9.17, 15) is 15.0 Å². The molecule has 3 aromatic rings. The maximum Gasteiger partial charge on any atom is 0.274 e. The molecule has 7 nitrogen and oxygen atoms in total. The van der Waals surface area contributed by atoms with Crippen LogP contribution >= 0.6 is 11.6 Å². The number of hydrogen-bond donors (Lipinski definition) is 2. The maximum atomic E-state index is 12.8. The zero-order valence-corrected chi connectivity index (χ0v) is 16.8. The molecule has 8 heteroatoms. The fourth-order valence-electron chi connectivity index (χ4n) is 2.88. The summed E-state index contributed by atoms with van der Waals surface area (Å²) in [7, 11) is 0. The van der Waals surface area contributed by atoms with Crippen LogP contribution in [0.5, 0.6) is 0 Å². The van der Waals surface area contributed by atoms with Crippen molar-refractivity contribution in [3.8, 4) is 17.1 Å². The Morgan fingerprint density at radius 3 is 2.54 bits per heavy atom. The molecule has 0 saturated carbocycles. The second-order valence-corrected chi connectivity index (χ2v) is 7.48. The van der Waals surface area contributed by atoms with Crippen LogP contribution in [-0.4, -0.2) is 29.7 Å². The van der Waals surface area contributed by atoms with Crippen molar-refractivity contribution in [1.29, 1.82) is 0 Å². The van der Waals surface area contributed by atoms with Gasteiger partial charge in [0.1, 0.15) is 10.6 Å². The van der Waals surface area contributed by atoms with E-state index in [0.29, 0.717) is 28.3 Å². The van der Waals surface area contributed by atoms with Crippen LogP contribution in [-0.2, 0) is 12.2 Å². The Hall–Kier alpha value is -2.61. The third kappa shape index (κ3) is 3.69. The summed E-state index contributed by atoms with van der Waals surface area (Å²) >= 11 is 6.14. The summed E-state index contributed by atoms with van der Waals surface area (Å²) in [4.78, 5) is 25.7. The SMILES string of the molecule is Cc1cnc(-c2ccnc(C(C)(C)O)n2)cc1-n1c(C)cc(CO)c(Cl)c1=O. The van der Waals surface area contributed by atoms with Crippen LogP contribution in [0, 0.1) is 13.8 Å². The van der Waals surface area contributed by atoms with Crippen molar-refractivity contribution < 1.29 is 10.2 Å². The normalized spacial score (nSPS) is 11.7. The van der Waals surface area contributed by atoms with Crippen molar-refractivity contribution in [2.75, 3.05) is 0 Å². The molecule has 0 aromatic carbocycles. The molecule has 2 N–H and O–H groups in total. The summed E-state index contributed by atoms with van der Waals surface area (Å²) in [5.41, 5.74) is 1.87. The molecule has 0 aliphatic rings. The Morgan fingerprint density at radius 1 is 1.18 bits per heavy atom. The zero-order valence-electron chi connectivity index (χ0n) is 16.1. The number of nitrogens with zero attached hydrogens (tertiary/aromatic N) is 4. The highest BCUT2D eigenvalue weighted by Gasteiger charge is 2.21. The molecular weight excluding hydrogens is 380 g/mol. The van der Waals surface area contributed by atoms with Gasteiger partial charge in [-0.05, 0) is 51.5 Å². The maximum absolute atomic E-state index is 12.8. The number of halogens is 1. The van der Waals surface area contributed by atoms with E-state index in [2.05, 4.69) is 15.0 Å². The van der Waals surface area contributed by atoms with Gasteiger partial charge >= 0.3 is 0 Å². The molecule has 0 radical (unpaired) electrons. The van der Waals surface area contributed by atoms with Crippen molar-refractivity contribution >= 4 is 11.6 Å². The van der Waals surface area contributed by atoms with Crippen LogP contribution in [0.2, 0.25) is 5.02 Å². The lowest BCUT2D eigenvalue weighted by Crippen LogP contribution is -2.23. The molecule has 0 aliphatic heterocycles. The predicted molar refractivity (Wildman–Crippen MR) is 107 cm³/mol. The van der Waals surface area contributed by atoms with Crippen LogP contribution in [0.25, 0.3) is 17.1 Å². The minimum absolute atomic E-state index is 0.0165. The number of hydrogen-bond acceptors (Lipinski definition) is 6. The van der Waals surface area contributed by atoms with E-state index in [0.717, 1.165) is 5.56 Å². The molecule has 3 aromatic heterocycles. The molecule has 0 atom stereocenters. The van der Waals surface area contributed by atoms with Gasteiger partial charge in [0, 0.05) is 23.7 Å². The van der Waals surface area contributed by atoms with E-state index >= 15 is 0 Å². The van der Waals surface area contributed by atoms with E-state index < -0.39 is 11.2 Å². The van der Waals surface area contributed by atoms with Crippen LogP contribution in [0.4, 0.5) is 0 Å². The molecule has 0 saturated heterocycles. The van der Waals surface area contributed by atoms with Gasteiger partial charge in [-0.3, -0.25) is 14.3 Å². The van der Waals surface area contributed by atoms with Gasteiger partial charge in [0.2, 0.25) is 0 Å². The van der Waals surface area contributed by atoms with Crippen molar-refractivity contribution in [3.63, 3.8) is 0 Å². The van der Waals surface area contributed by atoms with Gasteiger partial charge in [-0.1, -0.05) is 11.6 Å². The summed E-state index contributed by atoms with van der Waals surface area (Å²) in [6.07, 6.45) is 3.21. The summed E-state index contributed by atoms with van der Waals surface area (Å²) in [5, 5.41) is 19.5. The minimum Gasteiger partial charge on any atom is -0.392 e. The number of aryl methyl sites for hydroxylation is 2. The summed E-state index contributed by atoms with van der Waals surface area (Å²) in [6.45, 7) is 6.51. The number of aromatic nitrogens is 4. The third-order valence-corrected chi connectivity index (χ3v) is 4.76. The Balaban J connectivity index is 2.20. The molecule has 0 aliphatic carbocycles. The van der Waals surface area contributed by atoms with Gasteiger partial charge in [-0.25, -0.2) is 9.97 Å². The van der Waals surface area contributed by atoms with Gasteiger partial charge in [0.05, 0.1) is 23.7 Å². The van der Waals surface area contributed by atoms with Gasteiger partial charge in [-0.15, -0.1) is 0 Å². The highest BCUT2D eigenvalue weighted by molar-refractivity contribution is 6.31. The minimum atomic E-state index is -1.19. The molecule has 0 amide bonds. The first-order valence-electron chi connectivity index (χ1n) is 8.68. The van der Waals surface area contributed by atoms with Crippen LogP contribution in [0.3, 0.4) is 0 Å². The second kappa shape index (κ2) is 7.43. The number of rotatable bonds is 4. The first-order chi connectivity index (χ1) is 13.1. The van der Waals surface area contributed by atoms with Crippen molar-refractivity contribution in [1.82, 2.24) is 19.5 Å². The smallest absolute Gasteiger partial charge is 0.274 e. The average molecular weight is 401 g/mol. The van der Waals surface area contributed by atoms with E-state index in [-0.39, 0.29) is 17.5 Å². The summed E-state index contributed by atoms with van der Waals surface area (Å²) in [5.74, 6) is 0.276. The number of pyridine rings is 2. The Bertz CT molecular complexity index is 1100. The van der Waals surface area contributed by atoms with Gasteiger partial charge < -0.3 is 10.2 Å². The van der Waals surface area contributed by atoms with Crippen molar-refractivity contribution in [2.45, 2.75) is 39.9 Å². The Morgan fingerprint density at radius 2 is 1.89 bits per heavy atom. The highest BCUT2D eigenvalue weighted by atomic mass is 35.5. The molecule has 0 spiro atoms. The number of aliphatic hydroxyl groups is 2. The first kappa shape index (κ1) is 20.1. The average Bonchev–Trinajstić information content (AvgIpc) is 2.65. The zero-order chi connectivity index (χ0) is 20.6. The van der Waals surface area contributed by atoms with E-state index in [1.807, 2.05) is 6.92 Å². The fraction of sp³-hybridized carbons (Fsp3) is 0.300. The first-order valence-corrected chi connectivity index (χ1v) is 9.06. The lowest BCUT2D eigenvalue weighted by molar-refractivity contribution is 0.0688. The Kier molecular flexibility index (Phi) is 5.34. The van der Waals surface area contributed by atoms with Gasteiger partial charge in [-0.2, -0.15) is 0 Å². The van der Waals surface area contributed by atoms with Crippen molar-refractivity contribution in [2.24, 2.45) is 0 Å². The standard InChI is InChI=1S/C20H21ClN4O3/c1-11-9-23-15(14-5-6-22-19(24-14)20(3,4)28)8-16(11)25-12(2)7-13(10-26)17(21)18(25)27/h5-9,26,28H,10H2,1-4H3. The molecule has 0 fully saturated rings. The molecule has 3 heterocycles. The third-order valence-electron chi connectivity index (χ3n) is 4.36. The van der Waals surface area contributed by atoms with Crippen LogP contribution in [0.15, 0.2) is 35.4 Å². The molecule has 3 rings (SSSR count). The highest BCUT2D eigenvalue weighted by Crippen LogP contribution is 2.24. The molecular formula is C20H21ClN4O3. The van der Waals surface area contributed by atoms with Crippen LogP contribution < -0.4 is 5.56 Å². The lowest BCUT2D eigenvalue weighted by atomic mass is 10.1.